The first kappa shape index (κ1) is 13.6. The molecule has 0 aliphatic heterocycles. The first-order valence-corrected chi connectivity index (χ1v) is 6.60. The second kappa shape index (κ2) is 7.71. The van der Waals surface area contributed by atoms with Crippen molar-refractivity contribution in [2.24, 2.45) is 0 Å². The zero-order valence-corrected chi connectivity index (χ0v) is 10.6. The van der Waals surface area contributed by atoms with Crippen LogP contribution in [0, 0.1) is 5.82 Å². The molecule has 0 heterocycles. The lowest BCUT2D eigenvalue weighted by Gasteiger charge is -2.05. The zero-order valence-electron chi connectivity index (χ0n) is 9.01. The van der Waals surface area contributed by atoms with Crippen molar-refractivity contribution in [1.82, 2.24) is 5.32 Å². The topological polar surface area (TPSA) is 12.0 Å². The lowest BCUT2D eigenvalue weighted by Crippen LogP contribution is -2.16. The van der Waals surface area contributed by atoms with Gasteiger partial charge in [-0.05, 0) is 17.7 Å². The molecule has 1 rings (SSSR count). The summed E-state index contributed by atoms with van der Waals surface area (Å²) < 4.78 is 12.9. The Kier molecular flexibility index (Phi) is 6.53. The minimum absolute atomic E-state index is 0.181. The molecular formula is C12H15ClFNS. The molecule has 0 aliphatic rings. The Hall–Kier alpha value is -0.510. The van der Waals surface area contributed by atoms with Gasteiger partial charge in [0.1, 0.15) is 5.82 Å². The van der Waals surface area contributed by atoms with Crippen molar-refractivity contribution >= 4 is 23.4 Å². The molecular weight excluding hydrogens is 245 g/mol. The van der Waals surface area contributed by atoms with Crippen LogP contribution in [0.5, 0.6) is 0 Å². The summed E-state index contributed by atoms with van der Waals surface area (Å²) in [4.78, 5) is 0. The van der Waals surface area contributed by atoms with Crippen molar-refractivity contribution in [3.05, 3.63) is 47.3 Å². The van der Waals surface area contributed by atoms with E-state index in [1.54, 1.807) is 12.1 Å². The van der Waals surface area contributed by atoms with Gasteiger partial charge in [0.2, 0.25) is 0 Å². The van der Waals surface area contributed by atoms with E-state index in [9.17, 15) is 4.39 Å². The number of rotatable bonds is 7. The Morgan fingerprint density at radius 3 is 3.00 bits per heavy atom. The van der Waals surface area contributed by atoms with Crippen molar-refractivity contribution < 1.29 is 4.39 Å². The number of halogens is 2. The summed E-state index contributed by atoms with van der Waals surface area (Å²) in [6.45, 7) is 5.29. The highest BCUT2D eigenvalue weighted by Crippen LogP contribution is 2.15. The molecule has 0 bridgehead atoms. The predicted molar refractivity (Wildman–Crippen MR) is 70.6 cm³/mol. The Labute approximate surface area is 105 Å². The van der Waals surface area contributed by atoms with Crippen LogP contribution in [0.15, 0.2) is 30.9 Å². The van der Waals surface area contributed by atoms with Crippen LogP contribution in [-0.4, -0.2) is 18.1 Å². The van der Waals surface area contributed by atoms with Gasteiger partial charge in [0.25, 0.3) is 0 Å². The number of hydrogen-bond acceptors (Lipinski definition) is 2. The van der Waals surface area contributed by atoms with E-state index in [4.69, 9.17) is 11.6 Å². The van der Waals surface area contributed by atoms with Gasteiger partial charge in [-0.3, -0.25) is 0 Å². The van der Waals surface area contributed by atoms with Gasteiger partial charge in [0.05, 0.1) is 5.02 Å². The van der Waals surface area contributed by atoms with Crippen LogP contribution in [0.1, 0.15) is 5.56 Å². The minimum atomic E-state index is -0.369. The van der Waals surface area contributed by atoms with Crippen LogP contribution >= 0.6 is 23.4 Å². The SMILES string of the molecule is C=CCSCCNCc1ccc(F)c(Cl)c1. The zero-order chi connectivity index (χ0) is 11.8. The molecule has 0 radical (unpaired) electrons. The maximum absolute atomic E-state index is 12.9. The highest BCUT2D eigenvalue weighted by atomic mass is 35.5. The van der Waals surface area contributed by atoms with Crippen LogP contribution in [0.25, 0.3) is 0 Å². The molecule has 0 atom stereocenters. The summed E-state index contributed by atoms with van der Waals surface area (Å²) in [5.41, 5.74) is 1.00. The molecule has 0 saturated carbocycles. The Morgan fingerprint density at radius 1 is 1.50 bits per heavy atom. The number of benzene rings is 1. The van der Waals surface area contributed by atoms with E-state index in [1.807, 2.05) is 17.8 Å². The van der Waals surface area contributed by atoms with Crippen molar-refractivity contribution in [1.29, 1.82) is 0 Å². The highest BCUT2D eigenvalue weighted by Gasteiger charge is 2.00. The van der Waals surface area contributed by atoms with Gasteiger partial charge in [0, 0.05) is 24.6 Å². The predicted octanol–water partition coefficient (Wildman–Crippen LogP) is 3.49. The van der Waals surface area contributed by atoms with E-state index < -0.39 is 0 Å². The summed E-state index contributed by atoms with van der Waals surface area (Å²) in [6, 6.07) is 4.79. The van der Waals surface area contributed by atoms with Crippen molar-refractivity contribution in [2.45, 2.75) is 6.54 Å². The molecule has 0 aromatic heterocycles. The highest BCUT2D eigenvalue weighted by molar-refractivity contribution is 7.99. The Balaban J connectivity index is 2.21. The third kappa shape index (κ3) is 5.01. The van der Waals surface area contributed by atoms with Gasteiger partial charge in [-0.25, -0.2) is 4.39 Å². The van der Waals surface area contributed by atoms with E-state index in [2.05, 4.69) is 11.9 Å². The molecule has 0 fully saturated rings. The number of thioether (sulfide) groups is 1. The van der Waals surface area contributed by atoms with Gasteiger partial charge in [-0.15, -0.1) is 6.58 Å². The normalized spacial score (nSPS) is 10.4. The second-order valence-corrected chi connectivity index (χ2v) is 4.85. The molecule has 0 unspecified atom stereocenters. The first-order valence-electron chi connectivity index (χ1n) is 5.07. The van der Waals surface area contributed by atoms with Crippen LogP contribution in [-0.2, 0) is 6.54 Å². The largest absolute Gasteiger partial charge is 0.312 e. The lowest BCUT2D eigenvalue weighted by molar-refractivity contribution is 0.626. The van der Waals surface area contributed by atoms with Gasteiger partial charge >= 0.3 is 0 Å². The second-order valence-electron chi connectivity index (χ2n) is 3.29. The monoisotopic (exact) mass is 259 g/mol. The van der Waals surface area contributed by atoms with Gasteiger partial charge in [-0.2, -0.15) is 11.8 Å². The minimum Gasteiger partial charge on any atom is -0.312 e. The summed E-state index contributed by atoms with van der Waals surface area (Å²) >= 11 is 7.50. The summed E-state index contributed by atoms with van der Waals surface area (Å²) in [5, 5.41) is 3.45. The maximum Gasteiger partial charge on any atom is 0.141 e. The van der Waals surface area contributed by atoms with E-state index in [-0.39, 0.29) is 10.8 Å². The van der Waals surface area contributed by atoms with E-state index in [1.165, 1.54) is 6.07 Å². The van der Waals surface area contributed by atoms with E-state index in [0.29, 0.717) is 6.54 Å². The molecule has 0 saturated heterocycles. The molecule has 1 nitrogen and oxygen atoms in total. The molecule has 16 heavy (non-hydrogen) atoms. The lowest BCUT2D eigenvalue weighted by atomic mass is 10.2. The molecule has 1 N–H and O–H groups in total. The first-order chi connectivity index (χ1) is 7.74. The quantitative estimate of drug-likeness (QED) is 0.594. The van der Waals surface area contributed by atoms with Crippen LogP contribution in [0.2, 0.25) is 5.02 Å². The molecule has 88 valence electrons. The Bertz CT molecular complexity index is 344. The van der Waals surface area contributed by atoms with Crippen molar-refractivity contribution in [3.63, 3.8) is 0 Å². The molecule has 0 amide bonds. The average molecular weight is 260 g/mol. The summed E-state index contributed by atoms with van der Waals surface area (Å²) in [6.07, 6.45) is 1.89. The van der Waals surface area contributed by atoms with Gasteiger partial charge in [-0.1, -0.05) is 23.7 Å². The van der Waals surface area contributed by atoms with Crippen LogP contribution < -0.4 is 5.32 Å². The van der Waals surface area contributed by atoms with Gasteiger partial charge < -0.3 is 5.32 Å². The molecule has 1 aromatic rings. The summed E-state index contributed by atoms with van der Waals surface area (Å²) in [5.74, 6) is 1.65. The molecule has 4 heteroatoms. The molecule has 0 spiro atoms. The molecule has 1 aromatic carbocycles. The van der Waals surface area contributed by atoms with Crippen molar-refractivity contribution in [3.8, 4) is 0 Å². The Morgan fingerprint density at radius 2 is 2.31 bits per heavy atom. The maximum atomic E-state index is 12.9. The summed E-state index contributed by atoms with van der Waals surface area (Å²) in [7, 11) is 0. The molecule has 0 aliphatic carbocycles. The fraction of sp³-hybridized carbons (Fsp3) is 0.333. The average Bonchev–Trinajstić information content (AvgIpc) is 2.28. The fourth-order valence-electron chi connectivity index (χ4n) is 1.19. The fourth-order valence-corrected chi connectivity index (χ4v) is 2.02. The number of hydrogen-bond donors (Lipinski definition) is 1. The number of nitrogens with one attached hydrogen (secondary N) is 1. The van der Waals surface area contributed by atoms with E-state index >= 15 is 0 Å². The smallest absolute Gasteiger partial charge is 0.141 e. The van der Waals surface area contributed by atoms with E-state index in [0.717, 1.165) is 23.6 Å². The third-order valence-electron chi connectivity index (χ3n) is 1.97. The van der Waals surface area contributed by atoms with Crippen molar-refractivity contribution in [2.75, 3.05) is 18.1 Å². The van der Waals surface area contributed by atoms with Crippen LogP contribution in [0.3, 0.4) is 0 Å². The van der Waals surface area contributed by atoms with Gasteiger partial charge in [0.15, 0.2) is 0 Å². The van der Waals surface area contributed by atoms with Crippen LogP contribution in [0.4, 0.5) is 4.39 Å². The third-order valence-corrected chi connectivity index (χ3v) is 3.23. The standard InChI is InChI=1S/C12H15ClFNS/c1-2-6-16-7-5-15-9-10-3-4-12(14)11(13)8-10/h2-4,8,15H,1,5-7,9H2.